The Bertz CT molecular complexity index is 3750. The van der Waals surface area contributed by atoms with Crippen molar-refractivity contribution < 1.29 is 38.2 Å². The zero-order valence-electron chi connectivity index (χ0n) is 40.9. The second-order valence-corrected chi connectivity index (χ2v) is 19.5. The number of imide groups is 3. The zero-order valence-corrected chi connectivity index (χ0v) is 40.9. The minimum absolute atomic E-state index is 0.193. The average molecular weight is 972 g/mol. The van der Waals surface area contributed by atoms with Crippen molar-refractivity contribution in [2.24, 2.45) is 0 Å². The SMILES string of the molecule is Cc1ccc(N2C(=O)c3ccc(Oc4ccc(C(C)(C)c5ccc(Oc6ccc7c(c6)C(=O)N(C(C)(C)c6cccc(N8C(=O)c9ccc(C#Cc%10ccccc%10)cc9C8=O)c6)C7=O)cc5)cc4)cc3C2=O)cc1. The van der Waals surface area contributed by atoms with E-state index in [2.05, 4.69) is 25.7 Å². The van der Waals surface area contributed by atoms with Crippen molar-refractivity contribution in [2.45, 2.75) is 45.6 Å². The van der Waals surface area contributed by atoms with Gasteiger partial charge in [0.15, 0.2) is 0 Å². The molecule has 0 N–H and O–H groups in total. The first-order valence-electron chi connectivity index (χ1n) is 24.0. The monoisotopic (exact) mass is 971 g/mol. The summed E-state index contributed by atoms with van der Waals surface area (Å²) >= 11 is 0. The number of fused-ring (bicyclic) bond motifs is 3. The number of carbonyl (C=O) groups is 6. The van der Waals surface area contributed by atoms with Gasteiger partial charge >= 0.3 is 0 Å². The third kappa shape index (κ3) is 8.08. The molecule has 0 bridgehead atoms. The molecule has 3 heterocycles. The van der Waals surface area contributed by atoms with Crippen molar-refractivity contribution in [1.29, 1.82) is 0 Å². The van der Waals surface area contributed by atoms with Crippen LogP contribution in [0.2, 0.25) is 0 Å². The molecule has 3 aliphatic heterocycles. The third-order valence-electron chi connectivity index (χ3n) is 14.0. The normalized spacial score (nSPS) is 14.0. The van der Waals surface area contributed by atoms with Crippen molar-refractivity contribution in [1.82, 2.24) is 4.90 Å². The van der Waals surface area contributed by atoms with Gasteiger partial charge in [0.2, 0.25) is 0 Å². The van der Waals surface area contributed by atoms with Crippen molar-refractivity contribution in [3.63, 3.8) is 0 Å². The van der Waals surface area contributed by atoms with Crippen molar-refractivity contribution in [3.05, 3.63) is 249 Å². The summed E-state index contributed by atoms with van der Waals surface area (Å²) in [6, 6.07) is 53.5. The number of amides is 6. The summed E-state index contributed by atoms with van der Waals surface area (Å²) < 4.78 is 12.4. The second-order valence-electron chi connectivity index (χ2n) is 19.5. The highest BCUT2D eigenvalue weighted by atomic mass is 16.5. The van der Waals surface area contributed by atoms with Gasteiger partial charge in [0, 0.05) is 16.5 Å². The fourth-order valence-corrected chi connectivity index (χ4v) is 9.69. The predicted octanol–water partition coefficient (Wildman–Crippen LogP) is 12.4. The molecule has 8 aromatic carbocycles. The first kappa shape index (κ1) is 46.7. The lowest BCUT2D eigenvalue weighted by Gasteiger charge is -2.35. The van der Waals surface area contributed by atoms with E-state index in [0.717, 1.165) is 27.2 Å². The molecule has 0 saturated carbocycles. The first-order chi connectivity index (χ1) is 35.6. The molecular weight excluding hydrogens is 927 g/mol. The van der Waals surface area contributed by atoms with E-state index >= 15 is 0 Å². The highest BCUT2D eigenvalue weighted by Crippen LogP contribution is 2.41. The number of aryl methyl sites for hydroxylation is 1. The molecule has 74 heavy (non-hydrogen) atoms. The molecule has 0 aromatic heterocycles. The van der Waals surface area contributed by atoms with Crippen LogP contribution in [0, 0.1) is 18.8 Å². The van der Waals surface area contributed by atoms with E-state index in [-0.39, 0.29) is 33.7 Å². The molecule has 0 fully saturated rings. The molecule has 3 aliphatic rings. The standard InChI is InChI=1S/C63H45N3O8/c1-38-14-23-44(24-15-38)64-56(67)51-32-29-48(36-54(51)59(64)70)73-46-25-19-41(20-26-46)62(2,3)42-21-27-47(28-22-42)74-49-30-33-52-55(37-49)61(72)66(60(52)71)63(4,5)43-12-9-13-45(35-43)65-57(68)50-31-18-40(34-53(50)58(65)69)17-16-39-10-7-6-8-11-39/h6-15,18-37H,1-5H3. The lowest BCUT2D eigenvalue weighted by atomic mass is 9.78. The van der Waals surface area contributed by atoms with Crippen LogP contribution in [-0.4, -0.2) is 40.3 Å². The Kier molecular flexibility index (Phi) is 11.3. The van der Waals surface area contributed by atoms with E-state index in [1.165, 1.54) is 9.80 Å². The highest BCUT2D eigenvalue weighted by molar-refractivity contribution is 6.35. The van der Waals surface area contributed by atoms with Gasteiger partial charge in [-0.05, 0) is 153 Å². The summed E-state index contributed by atoms with van der Waals surface area (Å²) in [6.45, 7) is 9.66. The largest absolute Gasteiger partial charge is 0.457 e. The van der Waals surface area contributed by atoms with Crippen LogP contribution in [0.4, 0.5) is 11.4 Å². The summed E-state index contributed by atoms with van der Waals surface area (Å²) in [6.07, 6.45) is 0. The molecular formula is C63H45N3O8. The molecule has 0 unspecified atom stereocenters. The molecule has 8 aromatic rings. The minimum atomic E-state index is -1.20. The van der Waals surface area contributed by atoms with Crippen LogP contribution < -0.4 is 19.3 Å². The summed E-state index contributed by atoms with van der Waals surface area (Å²) in [7, 11) is 0. The van der Waals surface area contributed by atoms with E-state index in [1.807, 2.05) is 97.9 Å². The van der Waals surface area contributed by atoms with Crippen LogP contribution in [0.15, 0.2) is 182 Å². The maximum absolute atomic E-state index is 14.2. The van der Waals surface area contributed by atoms with Crippen molar-refractivity contribution >= 4 is 46.8 Å². The van der Waals surface area contributed by atoms with Crippen LogP contribution in [0.3, 0.4) is 0 Å². The van der Waals surface area contributed by atoms with E-state index in [0.29, 0.717) is 51.1 Å². The zero-order chi connectivity index (χ0) is 51.6. The van der Waals surface area contributed by atoms with Gasteiger partial charge in [-0.3, -0.25) is 33.7 Å². The van der Waals surface area contributed by atoms with Gasteiger partial charge in [0.1, 0.15) is 23.0 Å². The number of rotatable bonds is 10. The fourth-order valence-electron chi connectivity index (χ4n) is 9.69. The van der Waals surface area contributed by atoms with Gasteiger partial charge in [-0.25, -0.2) is 9.80 Å². The van der Waals surface area contributed by atoms with Crippen LogP contribution in [0.1, 0.15) is 123 Å². The molecule has 6 amide bonds. The maximum Gasteiger partial charge on any atom is 0.266 e. The number of benzene rings is 8. The van der Waals surface area contributed by atoms with Gasteiger partial charge in [-0.15, -0.1) is 0 Å². The number of hydrogen-bond donors (Lipinski definition) is 0. The third-order valence-corrected chi connectivity index (χ3v) is 14.0. The Hall–Kier alpha value is -9.66. The number of hydrogen-bond acceptors (Lipinski definition) is 8. The van der Waals surface area contributed by atoms with Crippen LogP contribution in [0.5, 0.6) is 23.0 Å². The Morgan fingerprint density at radius 3 is 1.41 bits per heavy atom. The molecule has 11 heteroatoms. The van der Waals surface area contributed by atoms with E-state index in [4.69, 9.17) is 9.47 Å². The Balaban J connectivity index is 0.746. The number of ether oxygens (including phenoxy) is 2. The molecule has 0 spiro atoms. The number of anilines is 2. The lowest BCUT2D eigenvalue weighted by molar-refractivity contribution is 0.0473. The molecule has 0 radical (unpaired) electrons. The fraction of sp³-hybridized carbons (Fsp3) is 0.111. The topological polar surface area (TPSA) is 131 Å². The number of nitrogens with zero attached hydrogens (tertiary/aromatic N) is 3. The van der Waals surface area contributed by atoms with E-state index in [1.54, 1.807) is 105 Å². The quantitative estimate of drug-likeness (QED) is 0.0978. The van der Waals surface area contributed by atoms with Gasteiger partial charge in [0.25, 0.3) is 35.4 Å². The van der Waals surface area contributed by atoms with Crippen LogP contribution >= 0.6 is 0 Å². The smallest absolute Gasteiger partial charge is 0.266 e. The maximum atomic E-state index is 14.2. The average Bonchev–Trinajstić information content (AvgIpc) is 3.93. The van der Waals surface area contributed by atoms with Gasteiger partial charge in [-0.1, -0.05) is 98.0 Å². The predicted molar refractivity (Wildman–Crippen MR) is 280 cm³/mol. The molecule has 11 rings (SSSR count). The van der Waals surface area contributed by atoms with E-state index < -0.39 is 40.5 Å². The lowest BCUT2D eigenvalue weighted by Crippen LogP contribution is -2.45. The van der Waals surface area contributed by atoms with Crippen LogP contribution in [-0.2, 0) is 11.0 Å². The summed E-state index contributed by atoms with van der Waals surface area (Å²) in [5.74, 6) is 5.34. The Morgan fingerprint density at radius 1 is 0.365 bits per heavy atom. The van der Waals surface area contributed by atoms with Gasteiger partial charge in [0.05, 0.1) is 50.3 Å². The number of carbonyl (C=O) groups excluding carboxylic acids is 6. The second kappa shape index (κ2) is 17.9. The molecule has 0 saturated heterocycles. The van der Waals surface area contributed by atoms with Crippen molar-refractivity contribution in [3.8, 4) is 34.8 Å². The summed E-state index contributed by atoms with van der Waals surface area (Å²) in [4.78, 5) is 85.8. The molecule has 360 valence electrons. The molecule has 0 aliphatic carbocycles. The molecule has 0 atom stereocenters. The van der Waals surface area contributed by atoms with Gasteiger partial charge in [-0.2, -0.15) is 0 Å². The van der Waals surface area contributed by atoms with Crippen molar-refractivity contribution in [2.75, 3.05) is 9.80 Å². The van der Waals surface area contributed by atoms with E-state index in [9.17, 15) is 28.8 Å². The Labute approximate surface area is 427 Å². The first-order valence-corrected chi connectivity index (χ1v) is 24.0. The highest BCUT2D eigenvalue weighted by Gasteiger charge is 2.46. The minimum Gasteiger partial charge on any atom is -0.457 e. The molecule has 11 nitrogen and oxygen atoms in total. The Morgan fingerprint density at radius 2 is 0.824 bits per heavy atom. The van der Waals surface area contributed by atoms with Crippen LogP contribution in [0.25, 0.3) is 0 Å². The summed E-state index contributed by atoms with van der Waals surface area (Å²) in [5, 5.41) is 0. The summed E-state index contributed by atoms with van der Waals surface area (Å²) in [5.41, 5.74) is 5.76. The van der Waals surface area contributed by atoms with Gasteiger partial charge < -0.3 is 9.47 Å².